The quantitative estimate of drug-likeness (QED) is 0.168. The van der Waals surface area contributed by atoms with E-state index in [1.807, 2.05) is 25.1 Å². The van der Waals surface area contributed by atoms with Gasteiger partial charge in [0, 0.05) is 13.8 Å². The number of aryl methyl sites for hydroxylation is 1. The highest BCUT2D eigenvalue weighted by Gasteiger charge is 2.39. The fraction of sp³-hybridized carbons (Fsp3) is 0.250. The molecule has 0 radical (unpaired) electrons. The fourth-order valence-corrected chi connectivity index (χ4v) is 3.33. The highest BCUT2D eigenvalue weighted by Crippen LogP contribution is 2.26. The van der Waals surface area contributed by atoms with Gasteiger partial charge in [0.15, 0.2) is 0 Å². The van der Waals surface area contributed by atoms with Crippen molar-refractivity contribution in [1.82, 2.24) is 4.98 Å². The van der Waals surface area contributed by atoms with Crippen LogP contribution < -0.4 is 0 Å². The Labute approximate surface area is 152 Å². The third-order valence-corrected chi connectivity index (χ3v) is 4.42. The van der Waals surface area contributed by atoms with Crippen LogP contribution in [0.5, 0.6) is 0 Å². The zero-order valence-corrected chi connectivity index (χ0v) is 15.3. The lowest BCUT2D eigenvalue weighted by Gasteiger charge is -2.29. The smallest absolute Gasteiger partial charge is 0.348 e. The summed E-state index contributed by atoms with van der Waals surface area (Å²) in [6.45, 7) is 4.92. The number of aromatic nitrogens is 1. The van der Waals surface area contributed by atoms with Gasteiger partial charge in [0.25, 0.3) is 5.79 Å². The lowest BCUT2D eigenvalue weighted by atomic mass is 10.1. The second-order valence-corrected chi connectivity index (χ2v) is 6.98. The van der Waals surface area contributed by atoms with Crippen molar-refractivity contribution in [3.8, 4) is 0 Å². The van der Waals surface area contributed by atoms with Crippen molar-refractivity contribution in [2.75, 3.05) is 0 Å². The molecule has 7 nitrogen and oxygen atoms in total. The second kappa shape index (κ2) is 6.49. The molecule has 0 spiro atoms. The van der Waals surface area contributed by atoms with Gasteiger partial charge in [0.05, 0.1) is 23.1 Å². The number of cyclic esters (lactones) is 2. The number of hydrogen-bond acceptors (Lipinski definition) is 9. The Hall–Kier alpha value is -2.39. The molecule has 9 heteroatoms. The molecule has 0 N–H and O–H groups in total. The number of oxime groups is 1. The summed E-state index contributed by atoms with van der Waals surface area (Å²) >= 11 is 4.95. The van der Waals surface area contributed by atoms with E-state index in [4.69, 9.17) is 9.47 Å². The number of thiazole rings is 1. The monoisotopic (exact) mass is 378 g/mol. The van der Waals surface area contributed by atoms with E-state index in [0.717, 1.165) is 15.8 Å². The predicted octanol–water partition coefficient (Wildman–Crippen LogP) is 2.93. The molecule has 0 unspecified atom stereocenters. The zero-order valence-electron chi connectivity index (χ0n) is 13.6. The van der Waals surface area contributed by atoms with E-state index in [-0.39, 0.29) is 11.3 Å². The molecule has 130 valence electrons. The number of rotatable bonds is 3. The van der Waals surface area contributed by atoms with Gasteiger partial charge >= 0.3 is 11.9 Å². The molecule has 0 amide bonds. The molecule has 0 atom stereocenters. The van der Waals surface area contributed by atoms with E-state index in [2.05, 4.69) is 27.3 Å². The van der Waals surface area contributed by atoms with Gasteiger partial charge in [0.2, 0.25) is 0 Å². The van der Waals surface area contributed by atoms with E-state index >= 15 is 0 Å². The number of hydrogen-bond donors (Lipinski definition) is 1. The Morgan fingerprint density at radius 2 is 2.00 bits per heavy atom. The molecule has 1 aliphatic rings. The number of esters is 2. The van der Waals surface area contributed by atoms with Crippen LogP contribution in [0.1, 0.15) is 24.4 Å². The van der Waals surface area contributed by atoms with Crippen molar-refractivity contribution in [3.63, 3.8) is 0 Å². The molecule has 1 saturated heterocycles. The van der Waals surface area contributed by atoms with Gasteiger partial charge in [0.1, 0.15) is 16.3 Å². The van der Waals surface area contributed by atoms with Crippen LogP contribution in [0, 0.1) is 6.92 Å². The minimum Gasteiger partial charge on any atom is -0.419 e. The van der Waals surface area contributed by atoms with Gasteiger partial charge in [-0.05, 0) is 30.7 Å². The van der Waals surface area contributed by atoms with E-state index in [1.54, 1.807) is 0 Å². The summed E-state index contributed by atoms with van der Waals surface area (Å²) < 4.78 is 15.6. The van der Waals surface area contributed by atoms with E-state index in [0.29, 0.717) is 5.01 Å². The van der Waals surface area contributed by atoms with Crippen molar-refractivity contribution >= 4 is 52.1 Å². The summed E-state index contributed by atoms with van der Waals surface area (Å²) in [6.07, 6.45) is 1.22. The Kier molecular flexibility index (Phi) is 4.53. The first-order valence-corrected chi connectivity index (χ1v) is 8.42. The van der Waals surface area contributed by atoms with Crippen LogP contribution in [0.25, 0.3) is 10.2 Å². The Morgan fingerprint density at radius 1 is 1.32 bits per heavy atom. The van der Waals surface area contributed by atoms with Crippen LogP contribution in [0.15, 0.2) is 35.0 Å². The SMILES string of the molecule is Cc1ccc2nc(/C(C=C3C(=O)OC(C)(C)OC3=O)=N/OS)sc2c1. The third-order valence-electron chi connectivity index (χ3n) is 3.30. The summed E-state index contributed by atoms with van der Waals surface area (Å²) in [4.78, 5) is 28.6. The number of carbonyl (C=O) groups is 2. The van der Waals surface area contributed by atoms with Crippen molar-refractivity contribution in [2.24, 2.45) is 5.16 Å². The molecule has 1 aliphatic heterocycles. The first-order valence-electron chi connectivity index (χ1n) is 7.23. The normalized spacial score (nSPS) is 17.3. The van der Waals surface area contributed by atoms with Crippen LogP contribution in [0.2, 0.25) is 0 Å². The summed E-state index contributed by atoms with van der Waals surface area (Å²) in [7, 11) is 0. The topological polar surface area (TPSA) is 87.1 Å². The van der Waals surface area contributed by atoms with Gasteiger partial charge in [-0.2, -0.15) is 0 Å². The molecule has 0 bridgehead atoms. The lowest BCUT2D eigenvalue weighted by molar-refractivity contribution is -0.222. The largest absolute Gasteiger partial charge is 0.419 e. The maximum absolute atomic E-state index is 12.1. The zero-order chi connectivity index (χ0) is 18.2. The summed E-state index contributed by atoms with van der Waals surface area (Å²) in [5.74, 6) is -2.91. The maximum atomic E-state index is 12.1. The molecule has 1 aromatic carbocycles. The Balaban J connectivity index is 2.02. The number of allylic oxidation sites excluding steroid dienone is 1. The van der Waals surface area contributed by atoms with Crippen LogP contribution in [0.4, 0.5) is 0 Å². The molecular formula is C16H14N2O5S2. The molecule has 0 aliphatic carbocycles. The van der Waals surface area contributed by atoms with Crippen LogP contribution in [-0.2, 0) is 23.3 Å². The van der Waals surface area contributed by atoms with E-state index in [1.165, 1.54) is 31.3 Å². The lowest BCUT2D eigenvalue weighted by Crippen LogP contribution is -2.42. The standard InChI is InChI=1S/C16H14N2O5S2/c1-8-4-5-10-12(6-8)25-13(17-10)11(18-23-24)7-9-14(19)21-16(2,3)22-15(9)20/h4-7,24H,1-3H3/b18-11+. The first kappa shape index (κ1) is 17.4. The average molecular weight is 378 g/mol. The number of fused-ring (bicyclic) bond motifs is 1. The average Bonchev–Trinajstić information content (AvgIpc) is 2.91. The molecule has 2 heterocycles. The van der Waals surface area contributed by atoms with Gasteiger partial charge in [-0.1, -0.05) is 11.2 Å². The third kappa shape index (κ3) is 3.67. The highest BCUT2D eigenvalue weighted by molar-refractivity contribution is 7.75. The molecule has 0 saturated carbocycles. The van der Waals surface area contributed by atoms with Gasteiger partial charge in [-0.25, -0.2) is 14.6 Å². The molecule has 25 heavy (non-hydrogen) atoms. The minimum atomic E-state index is -1.31. The van der Waals surface area contributed by atoms with Crippen molar-refractivity contribution in [1.29, 1.82) is 0 Å². The molecular weight excluding hydrogens is 364 g/mol. The van der Waals surface area contributed by atoms with Gasteiger partial charge in [-0.15, -0.1) is 11.3 Å². The second-order valence-electron chi connectivity index (χ2n) is 5.79. The summed E-state index contributed by atoms with van der Waals surface area (Å²) in [5.41, 5.74) is 1.73. The maximum Gasteiger partial charge on any atom is 0.348 e. The predicted molar refractivity (Wildman–Crippen MR) is 95.3 cm³/mol. The van der Waals surface area contributed by atoms with Crippen molar-refractivity contribution in [2.45, 2.75) is 26.6 Å². The molecule has 1 fully saturated rings. The summed E-state index contributed by atoms with van der Waals surface area (Å²) in [6, 6.07) is 5.80. The Morgan fingerprint density at radius 3 is 2.64 bits per heavy atom. The minimum absolute atomic E-state index is 0.164. The highest BCUT2D eigenvalue weighted by atomic mass is 32.1. The van der Waals surface area contributed by atoms with Gasteiger partial charge in [-0.3, -0.25) is 0 Å². The molecule has 1 aromatic heterocycles. The molecule has 3 rings (SSSR count). The van der Waals surface area contributed by atoms with Crippen molar-refractivity contribution in [3.05, 3.63) is 40.4 Å². The fourth-order valence-electron chi connectivity index (χ4n) is 2.23. The number of thiol groups is 1. The number of benzene rings is 1. The van der Waals surface area contributed by atoms with Crippen LogP contribution in [0.3, 0.4) is 0 Å². The van der Waals surface area contributed by atoms with E-state index < -0.39 is 17.7 Å². The van der Waals surface area contributed by atoms with Crippen LogP contribution >= 0.6 is 24.2 Å². The summed E-state index contributed by atoms with van der Waals surface area (Å²) in [5, 5.41) is 4.21. The van der Waals surface area contributed by atoms with Crippen molar-refractivity contribution < 1.29 is 23.3 Å². The Bertz CT molecular complexity index is 908. The molecule has 2 aromatic rings. The van der Waals surface area contributed by atoms with Gasteiger partial charge < -0.3 is 13.8 Å². The first-order chi connectivity index (χ1) is 11.8. The van der Waals surface area contributed by atoms with E-state index in [9.17, 15) is 9.59 Å². The number of carbonyl (C=O) groups excluding carboxylic acids is 2. The number of ether oxygens (including phenoxy) is 2. The van der Waals surface area contributed by atoms with Crippen LogP contribution in [-0.4, -0.2) is 28.4 Å². The number of nitrogens with zero attached hydrogens (tertiary/aromatic N) is 2.